The first-order valence-electron chi connectivity index (χ1n) is 10.4. The fourth-order valence-electron chi connectivity index (χ4n) is 4.85. The van der Waals surface area contributed by atoms with Gasteiger partial charge in [0, 0.05) is 0 Å². The number of aliphatic carboxylic acids is 1. The van der Waals surface area contributed by atoms with Crippen LogP contribution in [-0.2, 0) is 14.3 Å². The Morgan fingerprint density at radius 3 is 2.81 bits per heavy atom. The van der Waals surface area contributed by atoms with Crippen LogP contribution in [0.5, 0.6) is 0 Å². The summed E-state index contributed by atoms with van der Waals surface area (Å²) in [5.74, 6) is -0.845. The molecule has 1 heterocycles. The first-order valence-corrected chi connectivity index (χ1v) is 13.2. The van der Waals surface area contributed by atoms with Crippen molar-refractivity contribution in [1.29, 1.82) is 0 Å². The van der Waals surface area contributed by atoms with Crippen molar-refractivity contribution in [2.75, 3.05) is 24.8 Å². The fourth-order valence-corrected chi connectivity index (χ4v) is 8.90. The summed E-state index contributed by atoms with van der Waals surface area (Å²) >= 11 is 0.285. The molecule has 0 aromatic rings. The van der Waals surface area contributed by atoms with E-state index in [1.807, 2.05) is 0 Å². The molecule has 0 bridgehead atoms. The number of carboxylic acid groups (broad SMARTS) is 1. The van der Waals surface area contributed by atoms with Gasteiger partial charge in [0.1, 0.15) is 0 Å². The number of alkyl halides is 2. The van der Waals surface area contributed by atoms with Gasteiger partial charge in [-0.15, -0.1) is 0 Å². The molecule has 154 valence electrons. The zero-order chi connectivity index (χ0) is 19.1. The number of ether oxygens (including phenoxy) is 2. The van der Waals surface area contributed by atoms with Crippen molar-refractivity contribution in [2.45, 2.75) is 67.8 Å². The summed E-state index contributed by atoms with van der Waals surface area (Å²) in [6.07, 6.45) is 17.5. The maximum absolute atomic E-state index is 11.1. The molecule has 1 spiro atoms. The fraction of sp³-hybridized carbons (Fsp3) is 0.773. The van der Waals surface area contributed by atoms with Crippen molar-refractivity contribution in [1.82, 2.24) is 0 Å². The molecule has 1 saturated carbocycles. The molecule has 0 aromatic carbocycles. The topological polar surface area (TPSA) is 55.8 Å². The van der Waals surface area contributed by atoms with Crippen molar-refractivity contribution >= 4 is 5.97 Å². The molecule has 1 aliphatic heterocycles. The van der Waals surface area contributed by atoms with Crippen molar-refractivity contribution < 1.29 is 40.6 Å². The van der Waals surface area contributed by atoms with E-state index in [9.17, 15) is 4.79 Å². The predicted molar refractivity (Wildman–Crippen MR) is 103 cm³/mol. The van der Waals surface area contributed by atoms with Gasteiger partial charge in [-0.3, -0.25) is 0 Å². The molecule has 3 unspecified atom stereocenters. The van der Waals surface area contributed by atoms with Crippen molar-refractivity contribution in [3.63, 3.8) is 0 Å². The molecule has 0 aromatic heterocycles. The summed E-state index contributed by atoms with van der Waals surface area (Å²) in [6.45, 7) is 1.37. The molecule has 2 fully saturated rings. The number of hydrogen-bond donors (Lipinski definition) is 1. The monoisotopic (exact) mass is 489 g/mol. The first-order chi connectivity index (χ1) is 13.1. The Labute approximate surface area is 174 Å². The summed E-state index contributed by atoms with van der Waals surface area (Å²) in [5.41, 5.74) is 1.73. The van der Waals surface area contributed by atoms with Crippen LogP contribution in [0.3, 0.4) is 0 Å². The molecule has 27 heavy (non-hydrogen) atoms. The van der Waals surface area contributed by atoms with E-state index < -0.39 is 5.97 Å². The third kappa shape index (κ3) is 6.29. The molecule has 3 atom stereocenters. The second-order valence-corrected chi connectivity index (χ2v) is 12.1. The van der Waals surface area contributed by atoms with Gasteiger partial charge in [0.25, 0.3) is 0 Å². The Morgan fingerprint density at radius 1 is 1.33 bits per heavy atom. The Balaban J connectivity index is 1.45. The van der Waals surface area contributed by atoms with Gasteiger partial charge in [-0.2, -0.15) is 0 Å². The van der Waals surface area contributed by atoms with E-state index in [0.717, 1.165) is 22.5 Å². The molecular weight excluding hydrogens is 455 g/mol. The van der Waals surface area contributed by atoms with Crippen LogP contribution in [0.2, 0.25) is 0 Å². The van der Waals surface area contributed by atoms with Gasteiger partial charge in [-0.1, -0.05) is 0 Å². The number of hydrogen-bond acceptors (Lipinski definition) is 3. The van der Waals surface area contributed by atoms with Gasteiger partial charge in [0.2, 0.25) is 0 Å². The van der Waals surface area contributed by atoms with Crippen LogP contribution in [0.25, 0.3) is 0 Å². The number of carbonyl (C=O) groups is 1. The average Bonchev–Trinajstić information content (AvgIpc) is 2.67. The van der Waals surface area contributed by atoms with E-state index in [0.29, 0.717) is 12.0 Å². The molecule has 0 radical (unpaired) electrons. The van der Waals surface area contributed by atoms with E-state index in [-0.39, 0.29) is 39.6 Å². The molecule has 1 saturated heterocycles. The summed E-state index contributed by atoms with van der Waals surface area (Å²) in [5, 5.41) is 9.10. The zero-order valence-electron chi connectivity index (χ0n) is 16.5. The minimum atomic E-state index is -0.775. The Kier molecular flexibility index (Phi) is 8.21. The first kappa shape index (κ1) is 21.3. The Hall–Kier alpha value is -0.400. The molecule has 0 amide bonds. The zero-order valence-corrected chi connectivity index (χ0v) is 18.7. The Morgan fingerprint density at radius 2 is 2.15 bits per heavy atom. The van der Waals surface area contributed by atoms with Gasteiger partial charge < -0.3 is 0 Å². The minimum absolute atomic E-state index is 0.0694. The van der Waals surface area contributed by atoms with Crippen molar-refractivity contribution in [3.05, 3.63) is 23.8 Å². The summed E-state index contributed by atoms with van der Waals surface area (Å²) < 4.78 is 13.8. The van der Waals surface area contributed by atoms with Crippen LogP contribution in [0.4, 0.5) is 0 Å². The number of carboxylic acids is 1. The molecule has 1 N–H and O–H groups in total. The molecule has 4 nitrogen and oxygen atoms in total. The average molecular weight is 489 g/mol. The summed E-state index contributed by atoms with van der Waals surface area (Å²) in [6, 6.07) is 0. The van der Waals surface area contributed by atoms with Crippen LogP contribution in [0.15, 0.2) is 23.8 Å². The molecule has 3 aliphatic rings. The van der Waals surface area contributed by atoms with E-state index in [1.54, 1.807) is 7.11 Å². The third-order valence-electron chi connectivity index (χ3n) is 6.36. The van der Waals surface area contributed by atoms with Crippen molar-refractivity contribution in [2.24, 2.45) is 11.3 Å². The van der Waals surface area contributed by atoms with Crippen LogP contribution in [-0.4, -0.2) is 45.9 Å². The van der Waals surface area contributed by atoms with E-state index in [4.69, 9.17) is 14.6 Å². The van der Waals surface area contributed by atoms with Crippen LogP contribution < -0.4 is 21.2 Å². The molecule has 3 rings (SSSR count). The predicted octanol–water partition coefficient (Wildman–Crippen LogP) is 1.20. The number of halogens is 1. The Bertz CT molecular complexity index is 545. The molecule has 2 aliphatic carbocycles. The van der Waals surface area contributed by atoms with Crippen LogP contribution >= 0.6 is 0 Å². The van der Waals surface area contributed by atoms with E-state index >= 15 is 0 Å². The number of methoxy groups -OCH3 is 1. The van der Waals surface area contributed by atoms with Gasteiger partial charge in [0.05, 0.1) is 0 Å². The van der Waals surface area contributed by atoms with Crippen LogP contribution in [0.1, 0.15) is 57.8 Å². The SMILES string of the molecule is COCC(CC(=O)O)C1=CCC(OCC2CC3(CCCCC3)CC[I-]2)C=C1. The number of rotatable bonds is 8. The summed E-state index contributed by atoms with van der Waals surface area (Å²) in [7, 11) is 1.63. The standard InChI is InChI=1S/C22H34IO4/c1-26-15-18(13-21(24)25)17-5-7-20(8-6-17)27-16-19-14-22(11-12-23-19)9-3-2-4-10-22/h5-7,18-20H,2-4,8-16H2,1H3,(H,24,25)/q-1. The van der Waals surface area contributed by atoms with Crippen LogP contribution in [0, 0.1) is 11.3 Å². The van der Waals surface area contributed by atoms with E-state index in [1.165, 1.54) is 49.4 Å². The van der Waals surface area contributed by atoms with Gasteiger partial charge >= 0.3 is 174 Å². The molecular formula is C22H34IO4-. The number of allylic oxidation sites excluding steroid dienone is 1. The third-order valence-corrected chi connectivity index (χ3v) is 9.57. The van der Waals surface area contributed by atoms with Gasteiger partial charge in [-0.05, 0) is 0 Å². The second-order valence-electron chi connectivity index (χ2n) is 8.38. The second kappa shape index (κ2) is 10.4. The summed E-state index contributed by atoms with van der Waals surface area (Å²) in [4.78, 5) is 11.1. The van der Waals surface area contributed by atoms with Gasteiger partial charge in [0.15, 0.2) is 0 Å². The maximum atomic E-state index is 11.1. The quantitative estimate of drug-likeness (QED) is 0.412. The molecule has 5 heteroatoms. The normalized spacial score (nSPS) is 29.0. The van der Waals surface area contributed by atoms with Crippen molar-refractivity contribution in [3.8, 4) is 0 Å². The van der Waals surface area contributed by atoms with E-state index in [2.05, 4.69) is 18.2 Å². The van der Waals surface area contributed by atoms with Gasteiger partial charge in [-0.25, -0.2) is 0 Å².